The van der Waals surface area contributed by atoms with Crippen molar-refractivity contribution < 1.29 is 9.57 Å². The van der Waals surface area contributed by atoms with Crippen molar-refractivity contribution in [1.29, 1.82) is 0 Å². The lowest BCUT2D eigenvalue weighted by atomic mass is 10.1. The van der Waals surface area contributed by atoms with E-state index in [1.165, 1.54) is 30.0 Å². The molecular formula is C22H29N3O2S. The van der Waals surface area contributed by atoms with E-state index in [0.29, 0.717) is 0 Å². The first kappa shape index (κ1) is 19.3. The molecule has 1 N–H and O–H groups in total. The summed E-state index contributed by atoms with van der Waals surface area (Å²) in [6, 6.07) is 12.5. The second-order valence-corrected chi connectivity index (χ2v) is 8.26. The standard InChI is InChI=1S/C22H29N3O2S/c1-26-21-9-3-2-8-20(21)25-14-12-24(13-15-25)11-5-4-7-18-17-19(23-27-18)22-10-6-16-28-22/h2-3,6,8-10,16-18,23H,4-5,7,11-15H2,1H3. The van der Waals surface area contributed by atoms with Gasteiger partial charge in [0.15, 0.2) is 0 Å². The Morgan fingerprint density at radius 1 is 1.11 bits per heavy atom. The van der Waals surface area contributed by atoms with Crippen molar-refractivity contribution in [1.82, 2.24) is 10.4 Å². The highest BCUT2D eigenvalue weighted by Gasteiger charge is 2.20. The number of thiophene rings is 1. The van der Waals surface area contributed by atoms with Gasteiger partial charge in [-0.1, -0.05) is 18.2 Å². The number of nitrogens with zero attached hydrogens (tertiary/aromatic N) is 2. The number of hydrogen-bond acceptors (Lipinski definition) is 6. The lowest BCUT2D eigenvalue weighted by Crippen LogP contribution is -2.46. The van der Waals surface area contributed by atoms with Crippen LogP contribution in [0.3, 0.4) is 0 Å². The summed E-state index contributed by atoms with van der Waals surface area (Å²) in [4.78, 5) is 12.0. The van der Waals surface area contributed by atoms with Crippen LogP contribution in [0.5, 0.6) is 5.75 Å². The van der Waals surface area contributed by atoms with E-state index in [-0.39, 0.29) is 6.10 Å². The van der Waals surface area contributed by atoms with Crippen LogP contribution in [0.25, 0.3) is 5.70 Å². The summed E-state index contributed by atoms with van der Waals surface area (Å²) in [5.41, 5.74) is 5.40. The van der Waals surface area contributed by atoms with Crippen molar-refractivity contribution in [2.24, 2.45) is 0 Å². The number of hydroxylamine groups is 1. The number of benzene rings is 1. The topological polar surface area (TPSA) is 37.0 Å². The number of para-hydroxylation sites is 2. The van der Waals surface area contributed by atoms with E-state index in [1.807, 2.05) is 12.1 Å². The molecule has 0 saturated carbocycles. The molecule has 2 aliphatic heterocycles. The Labute approximate surface area is 171 Å². The lowest BCUT2D eigenvalue weighted by Gasteiger charge is -2.36. The second-order valence-electron chi connectivity index (χ2n) is 7.31. The first-order valence-electron chi connectivity index (χ1n) is 10.1. The molecule has 1 aromatic heterocycles. The SMILES string of the molecule is COc1ccccc1N1CCN(CCCCC2C=C(c3cccs3)NO2)CC1. The highest BCUT2D eigenvalue weighted by atomic mass is 32.1. The third-order valence-corrected chi connectivity index (χ3v) is 6.37. The summed E-state index contributed by atoms with van der Waals surface area (Å²) < 4.78 is 5.51. The summed E-state index contributed by atoms with van der Waals surface area (Å²) in [6.07, 6.45) is 5.89. The van der Waals surface area contributed by atoms with Gasteiger partial charge in [-0.05, 0) is 55.5 Å². The molecule has 150 valence electrons. The molecule has 1 unspecified atom stereocenters. The summed E-state index contributed by atoms with van der Waals surface area (Å²) in [5, 5.41) is 2.10. The lowest BCUT2D eigenvalue weighted by molar-refractivity contribution is 0.0450. The molecular weight excluding hydrogens is 370 g/mol. The average Bonchev–Trinajstić information content (AvgIpc) is 3.43. The molecule has 6 heteroatoms. The van der Waals surface area contributed by atoms with E-state index in [1.54, 1.807) is 18.4 Å². The monoisotopic (exact) mass is 399 g/mol. The van der Waals surface area contributed by atoms with Crippen molar-refractivity contribution in [3.8, 4) is 5.75 Å². The van der Waals surface area contributed by atoms with Crippen molar-refractivity contribution in [2.75, 3.05) is 44.7 Å². The Morgan fingerprint density at radius 2 is 1.96 bits per heavy atom. The predicted molar refractivity (Wildman–Crippen MR) is 116 cm³/mol. The number of nitrogens with one attached hydrogen (secondary N) is 1. The molecule has 2 aliphatic rings. The molecule has 0 radical (unpaired) electrons. The highest BCUT2D eigenvalue weighted by Crippen LogP contribution is 2.28. The van der Waals surface area contributed by atoms with E-state index < -0.39 is 0 Å². The number of methoxy groups -OCH3 is 1. The third kappa shape index (κ3) is 4.69. The fourth-order valence-electron chi connectivity index (χ4n) is 3.88. The molecule has 0 amide bonds. The minimum absolute atomic E-state index is 0.194. The largest absolute Gasteiger partial charge is 0.495 e. The third-order valence-electron chi connectivity index (χ3n) is 5.47. The summed E-state index contributed by atoms with van der Waals surface area (Å²) in [5.74, 6) is 0.969. The molecule has 1 fully saturated rings. The van der Waals surface area contributed by atoms with Crippen molar-refractivity contribution in [3.05, 3.63) is 52.7 Å². The van der Waals surface area contributed by atoms with Gasteiger partial charge in [0.1, 0.15) is 11.9 Å². The molecule has 28 heavy (non-hydrogen) atoms. The Morgan fingerprint density at radius 3 is 2.75 bits per heavy atom. The normalized spacial score (nSPS) is 20.1. The highest BCUT2D eigenvalue weighted by molar-refractivity contribution is 7.11. The summed E-state index contributed by atoms with van der Waals surface area (Å²) >= 11 is 1.74. The second kappa shape index (κ2) is 9.45. The first-order valence-corrected chi connectivity index (χ1v) is 11.0. The van der Waals surface area contributed by atoms with Gasteiger partial charge in [-0.2, -0.15) is 0 Å². The summed E-state index contributed by atoms with van der Waals surface area (Å²) in [6.45, 7) is 5.51. The fraction of sp³-hybridized carbons (Fsp3) is 0.455. The zero-order valence-corrected chi connectivity index (χ0v) is 17.3. The van der Waals surface area contributed by atoms with Crippen LogP contribution in [0.4, 0.5) is 5.69 Å². The Balaban J connectivity index is 1.16. The van der Waals surface area contributed by atoms with Crippen molar-refractivity contribution in [2.45, 2.75) is 25.4 Å². The molecule has 1 saturated heterocycles. The number of unbranched alkanes of at least 4 members (excludes halogenated alkanes) is 1. The van der Waals surface area contributed by atoms with Gasteiger partial charge in [0, 0.05) is 26.2 Å². The van der Waals surface area contributed by atoms with Crippen LogP contribution in [0.1, 0.15) is 24.1 Å². The predicted octanol–water partition coefficient (Wildman–Crippen LogP) is 3.99. The maximum atomic E-state index is 5.70. The number of hydrogen-bond donors (Lipinski definition) is 1. The van der Waals surface area contributed by atoms with Gasteiger partial charge < -0.3 is 9.64 Å². The molecule has 0 spiro atoms. The van der Waals surface area contributed by atoms with Gasteiger partial charge in [-0.3, -0.25) is 15.2 Å². The smallest absolute Gasteiger partial charge is 0.142 e. The number of anilines is 1. The molecule has 3 heterocycles. The molecule has 1 atom stereocenters. The van der Waals surface area contributed by atoms with Crippen LogP contribution >= 0.6 is 11.3 Å². The van der Waals surface area contributed by atoms with Crippen LogP contribution in [0.15, 0.2) is 47.9 Å². The van der Waals surface area contributed by atoms with Crippen molar-refractivity contribution in [3.63, 3.8) is 0 Å². The summed E-state index contributed by atoms with van der Waals surface area (Å²) in [7, 11) is 1.75. The fourth-order valence-corrected chi connectivity index (χ4v) is 4.58. The minimum Gasteiger partial charge on any atom is -0.495 e. The Bertz CT molecular complexity index is 770. The minimum atomic E-state index is 0.194. The zero-order chi connectivity index (χ0) is 19.2. The van der Waals surface area contributed by atoms with E-state index in [4.69, 9.17) is 9.57 Å². The van der Waals surface area contributed by atoms with Crippen LogP contribution < -0.4 is 15.1 Å². The molecule has 4 rings (SSSR count). The quantitative estimate of drug-likeness (QED) is 0.679. The Kier molecular flexibility index (Phi) is 6.52. The maximum Gasteiger partial charge on any atom is 0.142 e. The van der Waals surface area contributed by atoms with Crippen LogP contribution in [0.2, 0.25) is 0 Å². The molecule has 0 bridgehead atoms. The first-order chi connectivity index (χ1) is 13.8. The van der Waals surface area contributed by atoms with E-state index in [2.05, 4.69) is 51.0 Å². The van der Waals surface area contributed by atoms with E-state index in [0.717, 1.165) is 44.0 Å². The van der Waals surface area contributed by atoms with E-state index >= 15 is 0 Å². The van der Waals surface area contributed by atoms with Gasteiger partial charge >= 0.3 is 0 Å². The van der Waals surface area contributed by atoms with Gasteiger partial charge in [-0.25, -0.2) is 0 Å². The molecule has 0 aliphatic carbocycles. The van der Waals surface area contributed by atoms with E-state index in [9.17, 15) is 0 Å². The van der Waals surface area contributed by atoms with Crippen LogP contribution in [-0.2, 0) is 4.84 Å². The van der Waals surface area contributed by atoms with Crippen molar-refractivity contribution >= 4 is 22.7 Å². The average molecular weight is 400 g/mol. The van der Waals surface area contributed by atoms with Crippen LogP contribution in [0, 0.1) is 0 Å². The van der Waals surface area contributed by atoms with Gasteiger partial charge in [0.25, 0.3) is 0 Å². The molecule has 1 aromatic carbocycles. The molecule has 5 nitrogen and oxygen atoms in total. The van der Waals surface area contributed by atoms with Gasteiger partial charge in [0.05, 0.1) is 23.4 Å². The maximum absolute atomic E-state index is 5.70. The number of piperazine rings is 1. The number of rotatable bonds is 8. The van der Waals surface area contributed by atoms with Gasteiger partial charge in [0.2, 0.25) is 0 Å². The van der Waals surface area contributed by atoms with Crippen LogP contribution in [-0.4, -0.2) is 50.8 Å². The number of ether oxygens (including phenoxy) is 1. The van der Waals surface area contributed by atoms with Gasteiger partial charge in [-0.15, -0.1) is 11.3 Å². The molecule has 2 aromatic rings. The zero-order valence-electron chi connectivity index (χ0n) is 16.5. The Hall–Kier alpha value is -2.02.